The molecule has 0 aromatic heterocycles. The highest BCUT2D eigenvalue weighted by Crippen LogP contribution is 2.25. The molecule has 0 bridgehead atoms. The molecule has 0 aromatic rings. The monoisotopic (exact) mass is 301 g/mol. The van der Waals surface area contributed by atoms with Crippen molar-refractivity contribution in [2.45, 2.75) is 86.5 Å². The third-order valence-corrected chi connectivity index (χ3v) is 3.08. The van der Waals surface area contributed by atoms with Crippen molar-refractivity contribution in [2.24, 2.45) is 11.3 Å². The molecule has 0 heterocycles. The molecule has 0 fully saturated rings. The number of ether oxygens (including phenoxy) is 2. The third-order valence-electron chi connectivity index (χ3n) is 3.08. The molecule has 126 valence electrons. The van der Waals surface area contributed by atoms with Gasteiger partial charge < -0.3 is 14.8 Å². The maximum atomic E-state index is 11.9. The molecular weight excluding hydrogens is 266 g/mol. The molecule has 0 aliphatic rings. The van der Waals surface area contributed by atoms with Crippen LogP contribution in [-0.2, 0) is 9.47 Å². The SMILES string of the molecule is CCCC(CC)OC(CC(C)(C)C)OC(=O)NCC(C)C. The van der Waals surface area contributed by atoms with Gasteiger partial charge in [-0.2, -0.15) is 0 Å². The predicted molar refractivity (Wildman–Crippen MR) is 87.3 cm³/mol. The van der Waals surface area contributed by atoms with E-state index < -0.39 is 6.29 Å². The van der Waals surface area contributed by atoms with Crippen LogP contribution in [0, 0.1) is 11.3 Å². The lowest BCUT2D eigenvalue weighted by Crippen LogP contribution is -2.36. The molecule has 0 aromatic carbocycles. The molecular formula is C17H35NO3. The summed E-state index contributed by atoms with van der Waals surface area (Å²) in [6.45, 7) is 15.3. The van der Waals surface area contributed by atoms with Crippen molar-refractivity contribution in [1.29, 1.82) is 0 Å². The van der Waals surface area contributed by atoms with E-state index in [1.54, 1.807) is 0 Å². The van der Waals surface area contributed by atoms with Crippen LogP contribution in [0.3, 0.4) is 0 Å². The van der Waals surface area contributed by atoms with E-state index in [1.807, 2.05) is 0 Å². The molecule has 1 amide bonds. The number of alkyl carbamates (subject to hydrolysis) is 1. The molecule has 2 atom stereocenters. The van der Waals surface area contributed by atoms with Gasteiger partial charge in [-0.25, -0.2) is 4.79 Å². The molecule has 0 spiro atoms. The lowest BCUT2D eigenvalue weighted by atomic mass is 9.92. The zero-order valence-corrected chi connectivity index (χ0v) is 15.0. The number of rotatable bonds is 9. The Bertz CT molecular complexity index is 284. The van der Waals surface area contributed by atoms with Crippen molar-refractivity contribution in [3.63, 3.8) is 0 Å². The maximum Gasteiger partial charge on any atom is 0.409 e. The quantitative estimate of drug-likeness (QED) is 0.626. The molecule has 0 saturated carbocycles. The minimum absolute atomic E-state index is 0.0491. The molecule has 0 aliphatic heterocycles. The second kappa shape index (κ2) is 10.0. The van der Waals surface area contributed by atoms with E-state index in [4.69, 9.17) is 9.47 Å². The molecule has 1 N–H and O–H groups in total. The smallest absolute Gasteiger partial charge is 0.409 e. The third kappa shape index (κ3) is 11.6. The Labute approximate surface area is 131 Å². The van der Waals surface area contributed by atoms with Gasteiger partial charge in [-0.1, -0.05) is 54.9 Å². The number of carbonyl (C=O) groups is 1. The van der Waals surface area contributed by atoms with Crippen LogP contribution < -0.4 is 5.32 Å². The zero-order chi connectivity index (χ0) is 16.5. The van der Waals surface area contributed by atoms with Gasteiger partial charge in [-0.05, 0) is 24.2 Å². The number of amides is 1. The van der Waals surface area contributed by atoms with Crippen LogP contribution in [0.4, 0.5) is 4.79 Å². The van der Waals surface area contributed by atoms with E-state index in [1.165, 1.54) is 0 Å². The van der Waals surface area contributed by atoms with Crippen LogP contribution in [0.15, 0.2) is 0 Å². The van der Waals surface area contributed by atoms with Gasteiger partial charge in [0.2, 0.25) is 6.29 Å². The summed E-state index contributed by atoms with van der Waals surface area (Å²) in [5, 5.41) is 2.78. The van der Waals surface area contributed by atoms with Crippen LogP contribution >= 0.6 is 0 Å². The van der Waals surface area contributed by atoms with Gasteiger partial charge in [-0.3, -0.25) is 0 Å². The Morgan fingerprint density at radius 3 is 2.24 bits per heavy atom. The Kier molecular flexibility index (Phi) is 9.67. The topological polar surface area (TPSA) is 47.6 Å². The van der Waals surface area contributed by atoms with Crippen molar-refractivity contribution in [1.82, 2.24) is 5.32 Å². The zero-order valence-electron chi connectivity index (χ0n) is 15.0. The molecule has 21 heavy (non-hydrogen) atoms. The molecule has 4 heteroatoms. The fourth-order valence-corrected chi connectivity index (χ4v) is 1.97. The minimum Gasteiger partial charge on any atom is -0.420 e. The summed E-state index contributed by atoms with van der Waals surface area (Å²) in [5.74, 6) is 0.406. The van der Waals surface area contributed by atoms with Gasteiger partial charge in [0.25, 0.3) is 0 Å². The van der Waals surface area contributed by atoms with Crippen LogP contribution in [0.1, 0.15) is 74.1 Å². The Balaban J connectivity index is 4.54. The maximum absolute atomic E-state index is 11.9. The highest BCUT2D eigenvalue weighted by molar-refractivity contribution is 5.67. The normalized spacial score (nSPS) is 14.9. The summed E-state index contributed by atoms with van der Waals surface area (Å²) in [4.78, 5) is 11.9. The van der Waals surface area contributed by atoms with E-state index in [-0.39, 0.29) is 17.6 Å². The van der Waals surface area contributed by atoms with Gasteiger partial charge in [-0.15, -0.1) is 0 Å². The first-order valence-corrected chi connectivity index (χ1v) is 8.27. The van der Waals surface area contributed by atoms with Gasteiger partial charge >= 0.3 is 6.09 Å². The fourth-order valence-electron chi connectivity index (χ4n) is 1.97. The molecule has 0 aliphatic carbocycles. The van der Waals surface area contributed by atoms with Gasteiger partial charge in [0.1, 0.15) is 0 Å². The average molecular weight is 301 g/mol. The van der Waals surface area contributed by atoms with Gasteiger partial charge in [0.05, 0.1) is 6.10 Å². The summed E-state index contributed by atoms with van der Waals surface area (Å²) in [5.41, 5.74) is 0.0491. The fraction of sp³-hybridized carbons (Fsp3) is 0.941. The van der Waals surface area contributed by atoms with Crippen molar-refractivity contribution in [2.75, 3.05) is 6.54 Å². The van der Waals surface area contributed by atoms with E-state index >= 15 is 0 Å². The number of nitrogens with one attached hydrogen (secondary N) is 1. The van der Waals surface area contributed by atoms with E-state index in [0.29, 0.717) is 18.9 Å². The Morgan fingerprint density at radius 2 is 1.81 bits per heavy atom. The van der Waals surface area contributed by atoms with Crippen molar-refractivity contribution in [3.05, 3.63) is 0 Å². The summed E-state index contributed by atoms with van der Waals surface area (Å²) in [7, 11) is 0. The van der Waals surface area contributed by atoms with Crippen LogP contribution in [0.5, 0.6) is 0 Å². The van der Waals surface area contributed by atoms with E-state index in [2.05, 4.69) is 53.8 Å². The first-order valence-electron chi connectivity index (χ1n) is 8.27. The number of hydrogen-bond donors (Lipinski definition) is 1. The highest BCUT2D eigenvalue weighted by atomic mass is 16.7. The van der Waals surface area contributed by atoms with Gasteiger partial charge in [0, 0.05) is 13.0 Å². The predicted octanol–water partition coefficient (Wildman–Crippen LogP) is 4.73. The summed E-state index contributed by atoms with van der Waals surface area (Å²) in [6, 6.07) is 0. The molecule has 2 unspecified atom stereocenters. The van der Waals surface area contributed by atoms with Crippen LogP contribution in [0.25, 0.3) is 0 Å². The molecule has 0 rings (SSSR count). The average Bonchev–Trinajstić information content (AvgIpc) is 2.33. The van der Waals surface area contributed by atoms with Crippen LogP contribution in [0.2, 0.25) is 0 Å². The Hall–Kier alpha value is -0.770. The minimum atomic E-state index is -0.478. The molecule has 0 radical (unpaired) electrons. The van der Waals surface area contributed by atoms with Gasteiger partial charge in [0.15, 0.2) is 0 Å². The number of carbonyl (C=O) groups excluding carboxylic acids is 1. The highest BCUT2D eigenvalue weighted by Gasteiger charge is 2.25. The summed E-state index contributed by atoms with van der Waals surface area (Å²) >= 11 is 0. The van der Waals surface area contributed by atoms with Crippen LogP contribution in [-0.4, -0.2) is 25.0 Å². The molecule has 0 saturated heterocycles. The first kappa shape index (κ1) is 20.2. The second-order valence-corrected chi connectivity index (χ2v) is 7.33. The van der Waals surface area contributed by atoms with E-state index in [0.717, 1.165) is 19.3 Å². The van der Waals surface area contributed by atoms with Crippen molar-refractivity contribution < 1.29 is 14.3 Å². The van der Waals surface area contributed by atoms with Crippen molar-refractivity contribution in [3.8, 4) is 0 Å². The lowest BCUT2D eigenvalue weighted by molar-refractivity contribution is -0.154. The standard InChI is InChI=1S/C17H35NO3/c1-8-10-14(9-2)20-15(11-17(5,6)7)21-16(19)18-12-13(3)4/h13-15H,8-12H2,1-7H3,(H,18,19). The first-order chi connectivity index (χ1) is 9.67. The van der Waals surface area contributed by atoms with Crippen molar-refractivity contribution >= 4 is 6.09 Å². The lowest BCUT2D eigenvalue weighted by Gasteiger charge is -2.29. The number of hydrogen-bond acceptors (Lipinski definition) is 3. The Morgan fingerprint density at radius 1 is 1.19 bits per heavy atom. The summed E-state index contributed by atoms with van der Waals surface area (Å²) < 4.78 is 11.5. The largest absolute Gasteiger partial charge is 0.420 e. The van der Waals surface area contributed by atoms with E-state index in [9.17, 15) is 4.79 Å². The second-order valence-electron chi connectivity index (χ2n) is 7.33. The molecule has 4 nitrogen and oxygen atoms in total. The summed E-state index contributed by atoms with van der Waals surface area (Å²) in [6.07, 6.45) is 2.99.